The van der Waals surface area contributed by atoms with Crippen molar-refractivity contribution in [3.05, 3.63) is 111 Å². The Morgan fingerprint density at radius 3 is 2.27 bits per heavy atom. The molecule has 3 heterocycles. The van der Waals surface area contributed by atoms with Gasteiger partial charge >= 0.3 is 0 Å². The zero-order valence-electron chi connectivity index (χ0n) is 42.6. The van der Waals surface area contributed by atoms with Crippen molar-refractivity contribution < 1.29 is 43.5 Å². The molecule has 18 heteroatoms. The number of hydrogen-bond donors (Lipinski definition) is 6. The first-order chi connectivity index (χ1) is 34.9. The summed E-state index contributed by atoms with van der Waals surface area (Å²) in [6, 6.07) is 17.4. The van der Waals surface area contributed by atoms with Crippen LogP contribution in [0.25, 0.3) is 21.8 Å². The van der Waals surface area contributed by atoms with Gasteiger partial charge in [0.05, 0.1) is 33.8 Å². The maximum atomic E-state index is 14.0. The van der Waals surface area contributed by atoms with Gasteiger partial charge in [0.2, 0.25) is 17.7 Å². The highest BCUT2D eigenvalue weighted by Crippen LogP contribution is 2.34. The highest BCUT2D eigenvalue weighted by molar-refractivity contribution is 7.13. The first-order valence-corrected chi connectivity index (χ1v) is 26.0. The summed E-state index contributed by atoms with van der Waals surface area (Å²) in [4.78, 5) is 87.6. The van der Waals surface area contributed by atoms with E-state index in [0.717, 1.165) is 77.8 Å². The van der Waals surface area contributed by atoms with E-state index in [1.807, 2.05) is 69.6 Å². The van der Waals surface area contributed by atoms with E-state index in [1.54, 1.807) is 37.6 Å². The molecule has 4 atom stereocenters. The van der Waals surface area contributed by atoms with Crippen LogP contribution in [0.1, 0.15) is 145 Å². The number of unbranched alkanes of at least 4 members (excludes halogenated alkanes) is 6. The van der Waals surface area contributed by atoms with Crippen molar-refractivity contribution in [2.24, 2.45) is 5.41 Å². The van der Waals surface area contributed by atoms with Crippen molar-refractivity contribution in [1.82, 2.24) is 41.2 Å². The van der Waals surface area contributed by atoms with Crippen LogP contribution in [0, 0.1) is 12.3 Å². The summed E-state index contributed by atoms with van der Waals surface area (Å²) in [7, 11) is 3.18. The molecule has 0 radical (unpaired) electrons. The zero-order chi connectivity index (χ0) is 52.4. The van der Waals surface area contributed by atoms with Crippen molar-refractivity contribution in [2.45, 2.75) is 129 Å². The van der Waals surface area contributed by atoms with Crippen molar-refractivity contribution in [3.63, 3.8) is 0 Å². The van der Waals surface area contributed by atoms with E-state index in [2.05, 4.69) is 31.4 Å². The van der Waals surface area contributed by atoms with Crippen LogP contribution in [-0.4, -0.2) is 111 Å². The molecule has 0 spiro atoms. The molecule has 5 aromatic rings. The average molecular weight is 1020 g/mol. The van der Waals surface area contributed by atoms with E-state index in [4.69, 9.17) is 4.52 Å². The van der Waals surface area contributed by atoms with Crippen LogP contribution < -0.4 is 21.3 Å². The number of thiazole rings is 1. The fourth-order valence-electron chi connectivity index (χ4n) is 9.36. The number of aliphatic hydroxyl groups is 1. The van der Waals surface area contributed by atoms with E-state index in [1.165, 1.54) is 28.0 Å². The number of nitrogens with one attached hydrogen (secondary N) is 4. The molecule has 0 bridgehead atoms. The summed E-state index contributed by atoms with van der Waals surface area (Å²) in [6.07, 6.45) is 7.14. The second kappa shape index (κ2) is 24.2. The standard InChI is InChI=1S/C55H68N8O9S/c1-33-48(73-32-58-33)36-17-15-34(16-18-36)30-57-52(69)44-28-39(64)31-63(44)54(71)49(55(2,3)4)60-47(66)14-12-10-8-7-9-11-13-25-56-50(67)38-20-19-35-22-24-42(41(35)26-38)59-51(68)43-29-46(72-61-43)37-21-23-40(45(65)27-37)53(70)62(5)6/h15-21,23,26-27,29,32,39,42,44,49,64-65H,7-14,22,24-25,28,30-31H2,1-6H3,(H,56,67)(H,57,69)(H,59,68)(H,60,66)/t39-,42-,44+,49?/m1/s1. The summed E-state index contributed by atoms with van der Waals surface area (Å²) >= 11 is 1.57. The smallest absolute Gasteiger partial charge is 0.273 e. The van der Waals surface area contributed by atoms with E-state index in [9.17, 15) is 39.0 Å². The Morgan fingerprint density at radius 1 is 0.877 bits per heavy atom. The third kappa shape index (κ3) is 13.8. The van der Waals surface area contributed by atoms with Gasteiger partial charge in [-0.2, -0.15) is 0 Å². The summed E-state index contributed by atoms with van der Waals surface area (Å²) in [5.74, 6) is -1.89. The quantitative estimate of drug-likeness (QED) is 0.0400. The van der Waals surface area contributed by atoms with E-state index < -0.39 is 29.5 Å². The molecule has 1 aliphatic carbocycles. The number of carbonyl (C=O) groups excluding carboxylic acids is 6. The number of carbonyl (C=O) groups is 6. The van der Waals surface area contributed by atoms with Gasteiger partial charge in [-0.3, -0.25) is 28.8 Å². The normalized spacial score (nSPS) is 16.6. The lowest BCUT2D eigenvalue weighted by Gasteiger charge is -2.35. The Hall–Kier alpha value is -6.92. The molecule has 0 saturated carbocycles. The van der Waals surface area contributed by atoms with Crippen LogP contribution in [0.3, 0.4) is 0 Å². The van der Waals surface area contributed by atoms with Gasteiger partial charge in [-0.1, -0.05) is 94.4 Å². The number of benzene rings is 3. The first kappa shape index (κ1) is 53.9. The molecule has 2 aromatic heterocycles. The Labute approximate surface area is 430 Å². The summed E-state index contributed by atoms with van der Waals surface area (Å²) in [5, 5.41) is 36.9. The monoisotopic (exact) mass is 1020 g/mol. The maximum Gasteiger partial charge on any atom is 0.273 e. The molecule has 17 nitrogen and oxygen atoms in total. The third-order valence-electron chi connectivity index (χ3n) is 13.5. The zero-order valence-corrected chi connectivity index (χ0v) is 43.4. The van der Waals surface area contributed by atoms with Crippen LogP contribution >= 0.6 is 11.3 Å². The second-order valence-electron chi connectivity index (χ2n) is 20.4. The number of likely N-dealkylation sites (tertiary alicyclic amines) is 1. The number of phenols is 1. The lowest BCUT2D eigenvalue weighted by atomic mass is 9.85. The molecule has 2 aliphatic rings. The molecule has 6 N–H and O–H groups in total. The number of β-amino-alcohol motifs (C(OH)–C–C–N with tert-alkyl or cyclic N) is 1. The van der Waals surface area contributed by atoms with Gasteiger partial charge in [0.1, 0.15) is 17.8 Å². The maximum absolute atomic E-state index is 14.0. The number of aromatic nitrogens is 2. The van der Waals surface area contributed by atoms with E-state index in [-0.39, 0.29) is 84.3 Å². The number of aliphatic hydroxyl groups excluding tert-OH is 1. The number of fused-ring (bicyclic) bond motifs is 1. The highest BCUT2D eigenvalue weighted by atomic mass is 32.1. The Bertz CT molecular complexity index is 2780. The number of hydrogen-bond acceptors (Lipinski definition) is 12. The molecule has 3 aromatic carbocycles. The predicted octanol–water partition coefficient (Wildman–Crippen LogP) is 7.26. The third-order valence-corrected chi connectivity index (χ3v) is 14.5. The molecule has 1 fully saturated rings. The second-order valence-corrected chi connectivity index (χ2v) is 21.3. The summed E-state index contributed by atoms with van der Waals surface area (Å²) < 4.78 is 5.41. The molecule has 1 saturated heterocycles. The molecule has 6 amide bonds. The van der Waals surface area contributed by atoms with Gasteiger partial charge in [-0.15, -0.1) is 11.3 Å². The predicted molar refractivity (Wildman–Crippen MR) is 278 cm³/mol. The molecule has 1 unspecified atom stereocenters. The van der Waals surface area contributed by atoms with Crippen molar-refractivity contribution in [2.75, 3.05) is 27.2 Å². The van der Waals surface area contributed by atoms with Crippen molar-refractivity contribution in [3.8, 4) is 27.5 Å². The molecule has 1 aliphatic heterocycles. The van der Waals surface area contributed by atoms with Gasteiger partial charge in [-0.25, -0.2) is 4.98 Å². The van der Waals surface area contributed by atoms with Crippen molar-refractivity contribution >= 4 is 46.8 Å². The number of nitrogens with zero attached hydrogens (tertiary/aromatic N) is 4. The fourth-order valence-corrected chi connectivity index (χ4v) is 10.2. The van der Waals surface area contributed by atoms with Gasteiger partial charge < -0.3 is 45.8 Å². The Morgan fingerprint density at radius 2 is 1.59 bits per heavy atom. The number of aromatic hydroxyl groups is 1. The molecule has 388 valence electrons. The largest absolute Gasteiger partial charge is 0.507 e. The van der Waals surface area contributed by atoms with E-state index >= 15 is 0 Å². The topological polar surface area (TPSA) is 236 Å². The minimum absolute atomic E-state index is 0.0122. The number of rotatable bonds is 21. The first-order valence-electron chi connectivity index (χ1n) is 25.2. The minimum atomic E-state index is -0.879. The van der Waals surface area contributed by atoms with Gasteiger partial charge in [0.15, 0.2) is 11.5 Å². The Kier molecular flexibility index (Phi) is 17.9. The molecular weight excluding hydrogens is 949 g/mol. The number of phenolic OH excluding ortho intramolecular Hbond substituents is 1. The fraction of sp³-hybridized carbons (Fsp3) is 0.455. The molecular formula is C55H68N8O9S. The number of amides is 6. The Balaban J connectivity index is 0.778. The van der Waals surface area contributed by atoms with E-state index in [0.29, 0.717) is 30.5 Å². The molecule has 7 rings (SSSR count). The van der Waals surface area contributed by atoms with Crippen LogP contribution in [0.5, 0.6) is 5.75 Å². The molecule has 73 heavy (non-hydrogen) atoms. The minimum Gasteiger partial charge on any atom is -0.507 e. The van der Waals surface area contributed by atoms with Crippen LogP contribution in [-0.2, 0) is 27.3 Å². The van der Waals surface area contributed by atoms with Crippen molar-refractivity contribution in [1.29, 1.82) is 0 Å². The van der Waals surface area contributed by atoms with Gasteiger partial charge in [0, 0.05) is 63.8 Å². The SMILES string of the molecule is Cc1ncsc1-c1ccc(CNC(=O)[C@@H]2C[C@@H](O)CN2C(=O)C(NC(=O)CCCCCCCCCNC(=O)c2ccc3c(c2)[C@H](NC(=O)c2cc(-c4ccc(C(=O)N(C)C)c(O)c4)on2)CC3)C(C)(C)C)cc1. The van der Waals surface area contributed by atoms with Crippen LogP contribution in [0.4, 0.5) is 0 Å². The van der Waals surface area contributed by atoms with Gasteiger partial charge in [0.25, 0.3) is 17.7 Å². The van der Waals surface area contributed by atoms with Crippen LogP contribution in [0.2, 0.25) is 0 Å². The lowest BCUT2D eigenvalue weighted by Crippen LogP contribution is -2.57. The summed E-state index contributed by atoms with van der Waals surface area (Å²) in [6.45, 7) is 8.40. The lowest BCUT2D eigenvalue weighted by molar-refractivity contribution is -0.144. The van der Waals surface area contributed by atoms with Gasteiger partial charge in [-0.05, 0) is 84.5 Å². The summed E-state index contributed by atoms with van der Waals surface area (Å²) in [5.41, 5.74) is 7.20. The highest BCUT2D eigenvalue weighted by Gasteiger charge is 2.44. The average Bonchev–Trinajstić information content (AvgIpc) is 4.20. The number of aryl methyl sites for hydroxylation is 2. The van der Waals surface area contributed by atoms with Crippen LogP contribution in [0.15, 0.2) is 76.8 Å².